The van der Waals surface area contributed by atoms with Gasteiger partial charge in [0.1, 0.15) is 0 Å². The first-order valence-electron chi connectivity index (χ1n) is 6.79. The summed E-state index contributed by atoms with van der Waals surface area (Å²) in [6.45, 7) is 3.05. The van der Waals surface area contributed by atoms with Crippen LogP contribution in [0, 0.1) is 0 Å². The average Bonchev–Trinajstić information content (AvgIpc) is 2.51. The molecule has 0 unspecified atom stereocenters. The largest absolute Gasteiger partial charge is 0.314 e. The van der Waals surface area contributed by atoms with E-state index in [4.69, 9.17) is 11.6 Å². The molecule has 2 aromatic carbocycles. The molecule has 4 heteroatoms. The maximum absolute atomic E-state index is 5.94. The summed E-state index contributed by atoms with van der Waals surface area (Å²) >= 11 is 7.73. The first-order valence-corrected chi connectivity index (χ1v) is 7.99. The molecule has 20 heavy (non-hydrogen) atoms. The molecule has 0 spiro atoms. The Labute approximate surface area is 128 Å². The van der Waals surface area contributed by atoms with E-state index in [-0.39, 0.29) is 0 Å². The molecule has 2 N–H and O–H groups in total. The molecule has 0 bridgehead atoms. The zero-order chi connectivity index (χ0) is 13.8. The Kier molecular flexibility index (Phi) is 4.63. The van der Waals surface area contributed by atoms with Crippen LogP contribution in [0.1, 0.15) is 11.6 Å². The van der Waals surface area contributed by atoms with Crippen molar-refractivity contribution in [2.75, 3.05) is 19.6 Å². The topological polar surface area (TPSA) is 24.1 Å². The molecule has 0 aliphatic carbocycles. The van der Waals surface area contributed by atoms with Gasteiger partial charge in [-0.15, -0.1) is 0 Å². The predicted molar refractivity (Wildman–Crippen MR) is 85.6 cm³/mol. The third-order valence-electron chi connectivity index (χ3n) is 3.38. The van der Waals surface area contributed by atoms with Crippen molar-refractivity contribution in [3.63, 3.8) is 0 Å². The van der Waals surface area contributed by atoms with Gasteiger partial charge in [-0.2, -0.15) is 0 Å². The van der Waals surface area contributed by atoms with Gasteiger partial charge in [-0.3, -0.25) is 0 Å². The minimum absolute atomic E-state index is 0.389. The van der Waals surface area contributed by atoms with Crippen LogP contribution in [0.2, 0.25) is 5.02 Å². The van der Waals surface area contributed by atoms with Crippen molar-refractivity contribution in [3.8, 4) is 0 Å². The lowest BCUT2D eigenvalue weighted by molar-refractivity contribution is 0.426. The molecule has 1 heterocycles. The number of piperazine rings is 1. The molecule has 1 aliphatic rings. The molecule has 0 radical (unpaired) electrons. The maximum Gasteiger partial charge on any atom is 0.0458 e. The number of hydrogen-bond acceptors (Lipinski definition) is 3. The third-order valence-corrected chi connectivity index (χ3v) is 4.73. The smallest absolute Gasteiger partial charge is 0.0458 e. The lowest BCUT2D eigenvalue weighted by Crippen LogP contribution is -2.42. The number of nitrogens with one attached hydrogen (secondary N) is 2. The third kappa shape index (κ3) is 3.36. The average molecular weight is 305 g/mol. The summed E-state index contributed by atoms with van der Waals surface area (Å²) in [6, 6.07) is 17.0. The minimum Gasteiger partial charge on any atom is -0.314 e. The van der Waals surface area contributed by atoms with E-state index >= 15 is 0 Å². The van der Waals surface area contributed by atoms with Crippen molar-refractivity contribution in [2.45, 2.75) is 15.8 Å². The molecular weight excluding hydrogens is 288 g/mol. The Morgan fingerprint density at radius 2 is 1.80 bits per heavy atom. The highest BCUT2D eigenvalue weighted by Gasteiger charge is 2.17. The van der Waals surface area contributed by atoms with Gasteiger partial charge in [0, 0.05) is 40.5 Å². The van der Waals surface area contributed by atoms with E-state index < -0.39 is 0 Å². The fraction of sp³-hybridized carbons (Fsp3) is 0.250. The Morgan fingerprint density at radius 3 is 2.55 bits per heavy atom. The fourth-order valence-corrected chi connectivity index (χ4v) is 3.49. The Morgan fingerprint density at radius 1 is 1.00 bits per heavy atom. The SMILES string of the molecule is Clc1ccc(Sc2ccccc2[C@H]2CNCCN2)cc1. The standard InChI is InChI=1S/C16H17ClN2S/c17-12-5-7-13(8-6-12)20-16-4-2-1-3-14(16)15-11-18-9-10-19-15/h1-8,15,18-19H,9-11H2/t15-/m1/s1. The second-order valence-corrected chi connectivity index (χ2v) is 6.36. The van der Waals surface area contributed by atoms with Gasteiger partial charge in [0.05, 0.1) is 0 Å². The number of rotatable bonds is 3. The van der Waals surface area contributed by atoms with Gasteiger partial charge in [-0.1, -0.05) is 41.6 Å². The van der Waals surface area contributed by atoms with Gasteiger partial charge in [0.15, 0.2) is 0 Å². The maximum atomic E-state index is 5.94. The Balaban J connectivity index is 1.83. The van der Waals surface area contributed by atoms with E-state index in [1.54, 1.807) is 11.8 Å². The van der Waals surface area contributed by atoms with Gasteiger partial charge in [0.2, 0.25) is 0 Å². The van der Waals surface area contributed by atoms with Gasteiger partial charge in [-0.25, -0.2) is 0 Å². The van der Waals surface area contributed by atoms with Crippen LogP contribution in [-0.2, 0) is 0 Å². The first-order chi connectivity index (χ1) is 9.83. The lowest BCUT2D eigenvalue weighted by atomic mass is 10.1. The molecule has 1 aliphatic heterocycles. The van der Waals surface area contributed by atoms with Crippen LogP contribution in [0.4, 0.5) is 0 Å². The molecule has 2 aromatic rings. The van der Waals surface area contributed by atoms with E-state index in [9.17, 15) is 0 Å². The van der Waals surface area contributed by atoms with E-state index in [0.29, 0.717) is 6.04 Å². The highest BCUT2D eigenvalue weighted by Crippen LogP contribution is 2.33. The highest BCUT2D eigenvalue weighted by molar-refractivity contribution is 7.99. The van der Waals surface area contributed by atoms with E-state index in [2.05, 4.69) is 47.0 Å². The number of benzene rings is 2. The molecule has 0 saturated carbocycles. The van der Waals surface area contributed by atoms with Crippen molar-refractivity contribution in [1.29, 1.82) is 0 Å². The van der Waals surface area contributed by atoms with Crippen molar-refractivity contribution in [3.05, 3.63) is 59.1 Å². The zero-order valence-corrected chi connectivity index (χ0v) is 12.7. The van der Waals surface area contributed by atoms with Crippen LogP contribution in [-0.4, -0.2) is 19.6 Å². The summed E-state index contributed by atoms with van der Waals surface area (Å²) in [5.41, 5.74) is 1.36. The summed E-state index contributed by atoms with van der Waals surface area (Å²) < 4.78 is 0. The molecule has 104 valence electrons. The van der Waals surface area contributed by atoms with Gasteiger partial charge in [0.25, 0.3) is 0 Å². The zero-order valence-electron chi connectivity index (χ0n) is 11.1. The van der Waals surface area contributed by atoms with Crippen molar-refractivity contribution in [1.82, 2.24) is 10.6 Å². The molecule has 2 nitrogen and oxygen atoms in total. The normalized spacial score (nSPS) is 18.9. The fourth-order valence-electron chi connectivity index (χ4n) is 2.36. The summed E-state index contributed by atoms with van der Waals surface area (Å²) in [4.78, 5) is 2.52. The van der Waals surface area contributed by atoms with Gasteiger partial charge < -0.3 is 10.6 Å². The second-order valence-electron chi connectivity index (χ2n) is 4.80. The minimum atomic E-state index is 0.389. The van der Waals surface area contributed by atoms with Gasteiger partial charge >= 0.3 is 0 Å². The molecule has 3 rings (SSSR count). The molecule has 1 fully saturated rings. The summed E-state index contributed by atoms with van der Waals surface area (Å²) in [5.74, 6) is 0. The van der Waals surface area contributed by atoms with Crippen molar-refractivity contribution >= 4 is 23.4 Å². The quantitative estimate of drug-likeness (QED) is 0.903. The Bertz CT molecular complexity index is 565. The number of halogens is 1. The first kappa shape index (κ1) is 14.0. The summed E-state index contributed by atoms with van der Waals surface area (Å²) in [7, 11) is 0. The summed E-state index contributed by atoms with van der Waals surface area (Å²) in [5, 5.41) is 7.79. The molecule has 1 saturated heterocycles. The lowest BCUT2D eigenvalue weighted by Gasteiger charge is -2.26. The predicted octanol–water partition coefficient (Wildman–Crippen LogP) is 3.73. The highest BCUT2D eigenvalue weighted by atomic mass is 35.5. The summed E-state index contributed by atoms with van der Waals surface area (Å²) in [6.07, 6.45) is 0. The second kappa shape index (κ2) is 6.64. The van der Waals surface area contributed by atoms with Crippen LogP contribution in [0.15, 0.2) is 58.3 Å². The van der Waals surface area contributed by atoms with E-state index in [1.165, 1.54) is 15.4 Å². The molecule has 1 atom stereocenters. The molecule has 0 aromatic heterocycles. The van der Waals surface area contributed by atoms with Crippen LogP contribution in [0.3, 0.4) is 0 Å². The van der Waals surface area contributed by atoms with Crippen LogP contribution in [0.25, 0.3) is 0 Å². The van der Waals surface area contributed by atoms with Crippen molar-refractivity contribution < 1.29 is 0 Å². The van der Waals surface area contributed by atoms with Crippen LogP contribution < -0.4 is 10.6 Å². The van der Waals surface area contributed by atoms with E-state index in [1.807, 2.05) is 12.1 Å². The van der Waals surface area contributed by atoms with Gasteiger partial charge in [-0.05, 0) is 35.9 Å². The monoisotopic (exact) mass is 304 g/mol. The van der Waals surface area contributed by atoms with Crippen molar-refractivity contribution in [2.24, 2.45) is 0 Å². The van der Waals surface area contributed by atoms with Crippen LogP contribution in [0.5, 0.6) is 0 Å². The Hall–Kier alpha value is -1.00. The number of hydrogen-bond donors (Lipinski definition) is 2. The van der Waals surface area contributed by atoms with Crippen LogP contribution >= 0.6 is 23.4 Å². The van der Waals surface area contributed by atoms with E-state index in [0.717, 1.165) is 24.7 Å². The molecular formula is C16H17ClN2S. The molecule has 0 amide bonds.